The van der Waals surface area contributed by atoms with Gasteiger partial charge in [-0.1, -0.05) is 30.3 Å². The Labute approximate surface area is 123 Å². The zero-order valence-corrected chi connectivity index (χ0v) is 11.5. The number of hydrogen-bond donors (Lipinski definition) is 1. The predicted molar refractivity (Wildman–Crippen MR) is 81.3 cm³/mol. The van der Waals surface area contributed by atoms with Crippen molar-refractivity contribution in [1.29, 1.82) is 0 Å². The molecule has 0 fully saturated rings. The normalized spacial score (nSPS) is 10.5. The maximum atomic E-state index is 9.20. The van der Waals surface area contributed by atoms with Gasteiger partial charge in [0, 0.05) is 11.8 Å². The zero-order chi connectivity index (χ0) is 14.5. The highest BCUT2D eigenvalue weighted by molar-refractivity contribution is 5.61. The number of nitrogens with zero attached hydrogens (tertiary/aromatic N) is 2. The molecule has 0 radical (unpaired) electrons. The molecule has 0 spiro atoms. The van der Waals surface area contributed by atoms with Crippen LogP contribution in [0.3, 0.4) is 0 Å². The molecule has 1 N–H and O–H groups in total. The van der Waals surface area contributed by atoms with Crippen LogP contribution in [0.15, 0.2) is 67.0 Å². The lowest BCUT2D eigenvalue weighted by atomic mass is 10.1. The second-order valence-corrected chi connectivity index (χ2v) is 4.70. The van der Waals surface area contributed by atoms with E-state index in [1.807, 2.05) is 35.3 Å². The summed E-state index contributed by atoms with van der Waals surface area (Å²) in [5.41, 5.74) is 2.25. The van der Waals surface area contributed by atoms with E-state index < -0.39 is 0 Å². The molecule has 0 unspecified atom stereocenters. The van der Waals surface area contributed by atoms with E-state index in [4.69, 9.17) is 4.74 Å². The Morgan fingerprint density at radius 3 is 2.48 bits per heavy atom. The van der Waals surface area contributed by atoms with E-state index in [-0.39, 0.29) is 5.75 Å². The molecule has 4 nitrogen and oxygen atoms in total. The van der Waals surface area contributed by atoms with Crippen molar-refractivity contribution in [3.8, 4) is 22.6 Å². The van der Waals surface area contributed by atoms with E-state index in [9.17, 15) is 5.11 Å². The first-order valence-electron chi connectivity index (χ1n) is 6.81. The summed E-state index contributed by atoms with van der Waals surface area (Å²) in [5, 5.41) is 13.5. The van der Waals surface area contributed by atoms with Crippen LogP contribution in [0.25, 0.3) is 11.1 Å². The maximum Gasteiger partial charge on any atom is 0.119 e. The lowest BCUT2D eigenvalue weighted by Gasteiger charge is -2.06. The molecule has 0 aliphatic heterocycles. The van der Waals surface area contributed by atoms with Crippen molar-refractivity contribution in [3.63, 3.8) is 0 Å². The van der Waals surface area contributed by atoms with Gasteiger partial charge in [0.15, 0.2) is 0 Å². The Bertz CT molecular complexity index is 690. The van der Waals surface area contributed by atoms with Gasteiger partial charge in [0.25, 0.3) is 0 Å². The summed E-state index contributed by atoms with van der Waals surface area (Å²) in [4.78, 5) is 0. The highest BCUT2D eigenvalue weighted by Gasteiger charge is 2.01. The van der Waals surface area contributed by atoms with Crippen LogP contribution in [-0.4, -0.2) is 21.5 Å². The Balaban J connectivity index is 1.57. The molecule has 0 bridgehead atoms. The zero-order valence-electron chi connectivity index (χ0n) is 11.5. The van der Waals surface area contributed by atoms with Gasteiger partial charge in [0.05, 0.1) is 12.7 Å². The number of hydrogen-bond acceptors (Lipinski definition) is 3. The molecule has 0 aliphatic carbocycles. The van der Waals surface area contributed by atoms with Gasteiger partial charge in [-0.15, -0.1) is 0 Å². The quantitative estimate of drug-likeness (QED) is 0.779. The van der Waals surface area contributed by atoms with Gasteiger partial charge < -0.3 is 9.84 Å². The van der Waals surface area contributed by atoms with Gasteiger partial charge >= 0.3 is 0 Å². The second kappa shape index (κ2) is 6.13. The van der Waals surface area contributed by atoms with Gasteiger partial charge in [-0.25, -0.2) is 0 Å². The van der Waals surface area contributed by atoms with Gasteiger partial charge in [-0.3, -0.25) is 4.68 Å². The summed E-state index contributed by atoms with van der Waals surface area (Å²) >= 11 is 0. The van der Waals surface area contributed by atoms with Crippen molar-refractivity contribution in [3.05, 3.63) is 67.0 Å². The summed E-state index contributed by atoms with van der Waals surface area (Å²) < 4.78 is 7.47. The number of rotatable bonds is 5. The molecule has 0 saturated carbocycles. The van der Waals surface area contributed by atoms with Crippen molar-refractivity contribution in [2.45, 2.75) is 6.54 Å². The van der Waals surface area contributed by atoms with Crippen LogP contribution < -0.4 is 4.74 Å². The number of aromatic hydroxyl groups is 1. The smallest absolute Gasteiger partial charge is 0.119 e. The molecule has 4 heteroatoms. The first-order valence-corrected chi connectivity index (χ1v) is 6.81. The number of benzene rings is 2. The van der Waals surface area contributed by atoms with Gasteiger partial charge in [-0.2, -0.15) is 5.10 Å². The average Bonchev–Trinajstić information content (AvgIpc) is 2.99. The van der Waals surface area contributed by atoms with Crippen LogP contribution in [0.5, 0.6) is 11.5 Å². The van der Waals surface area contributed by atoms with Crippen LogP contribution >= 0.6 is 0 Å². The van der Waals surface area contributed by atoms with E-state index in [1.165, 1.54) is 0 Å². The van der Waals surface area contributed by atoms with Gasteiger partial charge in [-0.05, 0) is 29.8 Å². The number of aromatic nitrogens is 2. The van der Waals surface area contributed by atoms with Crippen molar-refractivity contribution in [1.82, 2.24) is 9.78 Å². The third kappa shape index (κ3) is 3.42. The Kier molecular flexibility index (Phi) is 3.87. The summed E-state index contributed by atoms with van der Waals surface area (Å²) in [6, 6.07) is 16.9. The summed E-state index contributed by atoms with van der Waals surface area (Å²) in [6.45, 7) is 1.20. The van der Waals surface area contributed by atoms with Crippen LogP contribution in [0, 0.1) is 0 Å². The molecule has 0 atom stereocenters. The van der Waals surface area contributed by atoms with E-state index in [2.05, 4.69) is 17.2 Å². The van der Waals surface area contributed by atoms with Crippen LogP contribution in [0.4, 0.5) is 0 Å². The van der Waals surface area contributed by atoms with E-state index in [1.54, 1.807) is 24.3 Å². The predicted octanol–water partition coefficient (Wildman–Crippen LogP) is 3.33. The standard InChI is InChI=1S/C17H16N2O2/c20-16-6-8-17(9-7-16)21-11-10-19-13-15(12-18-19)14-4-2-1-3-5-14/h1-9,12-13,20H,10-11H2. The fourth-order valence-electron chi connectivity index (χ4n) is 2.06. The molecule has 0 amide bonds. The summed E-state index contributed by atoms with van der Waals surface area (Å²) in [5.74, 6) is 0.977. The van der Waals surface area contributed by atoms with Crippen LogP contribution in [-0.2, 0) is 6.54 Å². The average molecular weight is 280 g/mol. The molecule has 3 rings (SSSR count). The minimum atomic E-state index is 0.238. The second-order valence-electron chi connectivity index (χ2n) is 4.70. The monoisotopic (exact) mass is 280 g/mol. The largest absolute Gasteiger partial charge is 0.508 e. The maximum absolute atomic E-state index is 9.20. The Morgan fingerprint density at radius 2 is 1.71 bits per heavy atom. The number of ether oxygens (including phenoxy) is 1. The SMILES string of the molecule is Oc1ccc(OCCn2cc(-c3ccccc3)cn2)cc1. The molecular weight excluding hydrogens is 264 g/mol. The highest BCUT2D eigenvalue weighted by Crippen LogP contribution is 2.18. The molecule has 1 aromatic heterocycles. The first kappa shape index (κ1) is 13.2. The molecule has 3 aromatic rings. The van der Waals surface area contributed by atoms with Crippen molar-refractivity contribution < 1.29 is 9.84 Å². The summed E-state index contributed by atoms with van der Waals surface area (Å²) in [7, 11) is 0. The molecule has 2 aromatic carbocycles. The van der Waals surface area contributed by atoms with Crippen molar-refractivity contribution in [2.24, 2.45) is 0 Å². The van der Waals surface area contributed by atoms with E-state index >= 15 is 0 Å². The topological polar surface area (TPSA) is 47.3 Å². The van der Waals surface area contributed by atoms with Gasteiger partial charge in [0.2, 0.25) is 0 Å². The first-order chi connectivity index (χ1) is 10.3. The fraction of sp³-hybridized carbons (Fsp3) is 0.118. The Morgan fingerprint density at radius 1 is 0.952 bits per heavy atom. The molecular formula is C17H16N2O2. The van der Waals surface area contributed by atoms with Crippen LogP contribution in [0.2, 0.25) is 0 Å². The molecule has 0 aliphatic rings. The molecule has 106 valence electrons. The minimum absolute atomic E-state index is 0.238. The van der Waals surface area contributed by atoms with Crippen LogP contribution in [0.1, 0.15) is 0 Å². The number of phenolic OH excluding ortho intramolecular Hbond substituents is 1. The minimum Gasteiger partial charge on any atom is -0.508 e. The highest BCUT2D eigenvalue weighted by atomic mass is 16.5. The lowest BCUT2D eigenvalue weighted by Crippen LogP contribution is -2.08. The molecule has 0 saturated heterocycles. The Hall–Kier alpha value is -2.75. The van der Waals surface area contributed by atoms with Crippen molar-refractivity contribution in [2.75, 3.05) is 6.61 Å². The summed E-state index contributed by atoms with van der Waals surface area (Å²) in [6.07, 6.45) is 3.87. The fourth-order valence-corrected chi connectivity index (χ4v) is 2.06. The van der Waals surface area contributed by atoms with Gasteiger partial charge in [0.1, 0.15) is 18.1 Å². The van der Waals surface area contributed by atoms with Crippen molar-refractivity contribution >= 4 is 0 Å². The van der Waals surface area contributed by atoms with E-state index in [0.717, 1.165) is 16.9 Å². The number of phenols is 1. The molecule has 1 heterocycles. The third-order valence-corrected chi connectivity index (χ3v) is 3.17. The van der Waals surface area contributed by atoms with E-state index in [0.29, 0.717) is 13.2 Å². The molecule has 21 heavy (non-hydrogen) atoms. The third-order valence-electron chi connectivity index (χ3n) is 3.17. The lowest BCUT2D eigenvalue weighted by molar-refractivity contribution is 0.291.